The highest BCUT2D eigenvalue weighted by atomic mass is 16.7. The van der Waals surface area contributed by atoms with Crippen LogP contribution in [-0.2, 0) is 52.2 Å². The third-order valence-electron chi connectivity index (χ3n) is 14.9. The first kappa shape index (κ1) is 48.6. The Hall–Kier alpha value is -2.31. The number of esters is 1. The number of aliphatic hydroxyl groups excluding tert-OH is 2. The molecule has 4 fully saturated rings. The molecule has 0 aromatic heterocycles. The number of carbonyl (C=O) groups excluding carboxylic acids is 1. The minimum atomic E-state index is -1.84. The second-order valence-electron chi connectivity index (χ2n) is 19.4. The van der Waals surface area contributed by atoms with Gasteiger partial charge in [-0.2, -0.15) is 0 Å². The van der Waals surface area contributed by atoms with Gasteiger partial charge in [0.1, 0.15) is 42.0 Å². The summed E-state index contributed by atoms with van der Waals surface area (Å²) in [4.78, 5) is 14.4. The van der Waals surface area contributed by atoms with Gasteiger partial charge in [0.05, 0.1) is 49.3 Å². The average Bonchev–Trinajstić information content (AvgIpc) is 3.59. The van der Waals surface area contributed by atoms with E-state index in [4.69, 9.17) is 47.4 Å². The van der Waals surface area contributed by atoms with Crippen LogP contribution in [0.2, 0.25) is 0 Å². The predicted octanol–water partition coefficient (Wildman–Crippen LogP) is 5.62. The lowest BCUT2D eigenvalue weighted by molar-refractivity contribution is -0.332. The molecule has 14 nitrogen and oxygen atoms in total. The maximum atomic E-state index is 14.4. The Labute approximate surface area is 373 Å². The van der Waals surface area contributed by atoms with E-state index in [2.05, 4.69) is 39.8 Å². The zero-order chi connectivity index (χ0) is 45.5. The highest BCUT2D eigenvalue weighted by molar-refractivity contribution is 5.78. The van der Waals surface area contributed by atoms with Crippen molar-refractivity contribution in [3.63, 3.8) is 0 Å². The van der Waals surface area contributed by atoms with Crippen molar-refractivity contribution in [1.29, 1.82) is 0 Å². The Morgan fingerprint density at radius 1 is 0.905 bits per heavy atom. The van der Waals surface area contributed by atoms with Crippen molar-refractivity contribution in [1.82, 2.24) is 0 Å². The lowest BCUT2D eigenvalue weighted by Crippen LogP contribution is -2.58. The lowest BCUT2D eigenvalue weighted by Gasteiger charge is -2.48. The highest BCUT2D eigenvalue weighted by Crippen LogP contribution is 2.47. The van der Waals surface area contributed by atoms with Crippen molar-refractivity contribution >= 4 is 5.97 Å². The smallest absolute Gasteiger partial charge is 0.316 e. The summed E-state index contributed by atoms with van der Waals surface area (Å²) in [6, 6.07) is 0. The maximum absolute atomic E-state index is 14.4. The van der Waals surface area contributed by atoms with E-state index in [-0.39, 0.29) is 42.5 Å². The van der Waals surface area contributed by atoms with Crippen molar-refractivity contribution in [2.24, 2.45) is 29.6 Å². The Balaban J connectivity index is 1.19. The van der Waals surface area contributed by atoms with Crippen LogP contribution in [0.4, 0.5) is 0 Å². The van der Waals surface area contributed by atoms with Crippen molar-refractivity contribution in [2.75, 3.05) is 20.8 Å². The van der Waals surface area contributed by atoms with Gasteiger partial charge in [0, 0.05) is 51.2 Å². The van der Waals surface area contributed by atoms with Crippen LogP contribution in [0.5, 0.6) is 0 Å². The summed E-state index contributed by atoms with van der Waals surface area (Å²) in [5.74, 6) is -2.82. The van der Waals surface area contributed by atoms with Gasteiger partial charge in [-0.15, -0.1) is 0 Å². The third kappa shape index (κ3) is 9.76. The van der Waals surface area contributed by atoms with E-state index in [0.29, 0.717) is 36.8 Å². The molecule has 0 aromatic rings. The van der Waals surface area contributed by atoms with Crippen LogP contribution in [0.1, 0.15) is 94.4 Å². The number of allylic oxidation sites excluding steroid dienone is 2. The number of carbonyl (C=O) groups is 1. The summed E-state index contributed by atoms with van der Waals surface area (Å²) < 4.78 is 64.1. The Bertz CT molecular complexity index is 1760. The summed E-state index contributed by atoms with van der Waals surface area (Å²) in [5.41, 5.74) is 0.129. The van der Waals surface area contributed by atoms with E-state index in [1.165, 1.54) is 0 Å². The number of fused-ring (bicyclic) bond motifs is 2. The van der Waals surface area contributed by atoms with E-state index in [1.54, 1.807) is 40.2 Å². The zero-order valence-corrected chi connectivity index (χ0v) is 39.1. The van der Waals surface area contributed by atoms with E-state index >= 15 is 0 Å². The molecule has 0 saturated carbocycles. The fourth-order valence-corrected chi connectivity index (χ4v) is 10.9. The minimum Gasteiger partial charge on any atom is -0.462 e. The van der Waals surface area contributed by atoms with Crippen molar-refractivity contribution in [3.8, 4) is 0 Å². The van der Waals surface area contributed by atoms with Gasteiger partial charge in [0.25, 0.3) is 0 Å². The monoisotopic (exact) mass is 887 g/mol. The molecule has 0 aromatic carbocycles. The molecule has 6 heterocycles. The van der Waals surface area contributed by atoms with Crippen molar-refractivity contribution in [3.05, 3.63) is 59.3 Å². The van der Waals surface area contributed by atoms with Crippen molar-refractivity contribution in [2.45, 2.75) is 192 Å². The normalized spacial score (nSPS) is 49.7. The first-order chi connectivity index (χ1) is 29.9. The fourth-order valence-electron chi connectivity index (χ4n) is 10.9. The average molecular weight is 887 g/mol. The van der Waals surface area contributed by atoms with E-state index in [0.717, 1.165) is 12.0 Å². The second kappa shape index (κ2) is 19.9. The lowest BCUT2D eigenvalue weighted by atomic mass is 9.71. The molecule has 14 heteroatoms. The number of hydrogen-bond acceptors (Lipinski definition) is 14. The van der Waals surface area contributed by atoms with Crippen molar-refractivity contribution < 1.29 is 67.5 Å². The van der Waals surface area contributed by atoms with Crippen LogP contribution in [0.15, 0.2) is 59.3 Å². The SMILES string of the molecule is CC[C@H](C)[C@H]1O[C@]2(C=C[C@@H]1C)C[C@@H]1C[C@@H](C/C=C(\C)[C@@H](O[C@H]3C[C@H](OC)[C@@H](O[C@H]4O[C@@H](C)[C@H](O)[C@H](OC)C4C)[C@H](C)O3)[C@@H](C)/C=C/C=C3\CO[C@@H]4[C@H](O)C(C)=C[C@@H](C(=O)O1)[C@]34O)O2. The first-order valence-electron chi connectivity index (χ1n) is 23.3. The standard InChI is InChI=1S/C49H74O14/c1-12-25(2)42-28(5)18-19-48(63-42)23-35-21-34(62-48)17-16-27(4)41(26(3)14-13-15-33-24-56-45-39(50)29(6)20-36(46(52)59-35)49(33,45)53)60-38-22-37(54-10)44(32(9)57-38)61-47-30(7)43(55-11)40(51)31(8)58-47/h13-16,18-20,25-26,28,30-32,34-45,47,50-51,53H,12,17,21-24H2,1-11H3/b14-13+,27-16+,33-15+/t25-,26-,28-,30?,31-,32-,34+,35-,36-,37-,38-,39+,40-,41-,42+,43+,44-,45+,47+,48+,49+/m0/s1. The molecule has 7 aliphatic rings. The van der Waals surface area contributed by atoms with Gasteiger partial charge in [-0.05, 0) is 62.8 Å². The summed E-state index contributed by atoms with van der Waals surface area (Å²) >= 11 is 0. The van der Waals surface area contributed by atoms with Crippen LogP contribution in [0.25, 0.3) is 0 Å². The van der Waals surface area contributed by atoms with Gasteiger partial charge in [0.2, 0.25) is 0 Å². The summed E-state index contributed by atoms with van der Waals surface area (Å²) in [6.45, 7) is 18.0. The second-order valence-corrected chi connectivity index (χ2v) is 19.4. The van der Waals surface area contributed by atoms with Crippen LogP contribution in [0, 0.1) is 29.6 Å². The van der Waals surface area contributed by atoms with Crippen LogP contribution in [-0.4, -0.2) is 139 Å². The quantitative estimate of drug-likeness (QED) is 0.203. The Kier molecular flexibility index (Phi) is 15.3. The molecule has 21 atom stereocenters. The molecule has 3 N–H and O–H groups in total. The van der Waals surface area contributed by atoms with E-state index in [1.807, 2.05) is 39.0 Å². The molecule has 2 bridgehead atoms. The van der Waals surface area contributed by atoms with Crippen LogP contribution in [0.3, 0.4) is 0 Å². The first-order valence-corrected chi connectivity index (χ1v) is 23.3. The predicted molar refractivity (Wildman–Crippen MR) is 232 cm³/mol. The van der Waals surface area contributed by atoms with Crippen LogP contribution < -0.4 is 0 Å². The Morgan fingerprint density at radius 3 is 2.38 bits per heavy atom. The molecule has 354 valence electrons. The van der Waals surface area contributed by atoms with Gasteiger partial charge >= 0.3 is 5.97 Å². The molecule has 1 unspecified atom stereocenters. The molecule has 1 spiro atoms. The number of ether oxygens (including phenoxy) is 10. The summed E-state index contributed by atoms with van der Waals surface area (Å²) in [7, 11) is 3.23. The van der Waals surface area contributed by atoms with Crippen LogP contribution >= 0.6 is 0 Å². The molecule has 1 aliphatic carbocycles. The minimum absolute atomic E-state index is 0.0305. The molecular formula is C49H74O14. The molecule has 63 heavy (non-hydrogen) atoms. The molecule has 4 saturated heterocycles. The van der Waals surface area contributed by atoms with E-state index < -0.39 is 96.9 Å². The van der Waals surface area contributed by atoms with Gasteiger partial charge in [-0.1, -0.05) is 77.5 Å². The molecule has 0 amide bonds. The fraction of sp³-hybridized carbons (Fsp3) is 0.776. The largest absolute Gasteiger partial charge is 0.462 e. The van der Waals surface area contributed by atoms with Gasteiger partial charge in [0.15, 0.2) is 18.4 Å². The number of rotatable bonds is 8. The van der Waals surface area contributed by atoms with Gasteiger partial charge in [-0.25, -0.2) is 0 Å². The number of methoxy groups -OCH3 is 2. The molecule has 6 aliphatic heterocycles. The number of hydrogen-bond donors (Lipinski definition) is 3. The zero-order valence-electron chi connectivity index (χ0n) is 39.1. The topological polar surface area (TPSA) is 170 Å². The third-order valence-corrected chi connectivity index (χ3v) is 14.9. The Morgan fingerprint density at radius 2 is 1.67 bits per heavy atom. The van der Waals surface area contributed by atoms with Gasteiger partial charge in [-0.3, -0.25) is 4.79 Å². The summed E-state index contributed by atoms with van der Waals surface area (Å²) in [5, 5.41) is 34.4. The van der Waals surface area contributed by atoms with Gasteiger partial charge < -0.3 is 62.7 Å². The molecule has 7 rings (SSSR count). The summed E-state index contributed by atoms with van der Waals surface area (Å²) in [6.07, 6.45) is 8.01. The maximum Gasteiger partial charge on any atom is 0.316 e. The molecular weight excluding hydrogens is 813 g/mol. The molecule has 0 radical (unpaired) electrons. The highest BCUT2D eigenvalue weighted by Gasteiger charge is 2.60. The van der Waals surface area contributed by atoms with E-state index in [9.17, 15) is 20.1 Å². The number of aliphatic hydroxyl groups is 3.